The second-order valence-corrected chi connectivity index (χ2v) is 4.49. The van der Waals surface area contributed by atoms with Crippen molar-refractivity contribution in [2.75, 3.05) is 7.11 Å². The van der Waals surface area contributed by atoms with Gasteiger partial charge in [-0.3, -0.25) is 4.79 Å². The molecule has 0 saturated carbocycles. The van der Waals surface area contributed by atoms with Gasteiger partial charge < -0.3 is 4.74 Å². The van der Waals surface area contributed by atoms with Gasteiger partial charge in [0.1, 0.15) is 0 Å². The van der Waals surface area contributed by atoms with Gasteiger partial charge in [-0.25, -0.2) is 0 Å². The maximum Gasteiger partial charge on any atom is 0.305 e. The first-order valence-corrected chi connectivity index (χ1v) is 6.49. The van der Waals surface area contributed by atoms with Crippen molar-refractivity contribution in [3.63, 3.8) is 0 Å². The molecule has 0 N–H and O–H groups in total. The minimum atomic E-state index is -0.128. The Morgan fingerprint density at radius 1 is 1.28 bits per heavy atom. The largest absolute Gasteiger partial charge is 0.469 e. The van der Waals surface area contributed by atoms with Crippen LogP contribution in [0.25, 0.3) is 0 Å². The maximum atomic E-state index is 10.9. The van der Waals surface area contributed by atoms with Crippen LogP contribution < -0.4 is 0 Å². The lowest BCUT2D eigenvalue weighted by Gasteiger charge is -2.12. The molecular formula is C16H22O2. The average molecular weight is 246 g/mol. The molecule has 0 heterocycles. The number of methoxy groups -OCH3 is 1. The zero-order valence-corrected chi connectivity index (χ0v) is 11.2. The Hall–Kier alpha value is -1.57. The van der Waals surface area contributed by atoms with Crippen molar-refractivity contribution in [1.29, 1.82) is 0 Å². The fourth-order valence-corrected chi connectivity index (χ4v) is 1.83. The Morgan fingerprint density at radius 2 is 1.94 bits per heavy atom. The highest BCUT2D eigenvalue weighted by molar-refractivity contribution is 5.69. The van der Waals surface area contributed by atoms with Crippen molar-refractivity contribution in [2.45, 2.75) is 26.2 Å². The molecule has 0 bridgehead atoms. The molecule has 0 radical (unpaired) electrons. The predicted molar refractivity (Wildman–Crippen MR) is 75.1 cm³/mol. The molecular weight excluding hydrogens is 224 g/mol. The summed E-state index contributed by atoms with van der Waals surface area (Å²) in [7, 11) is 1.43. The van der Waals surface area contributed by atoms with Crippen molar-refractivity contribution in [1.82, 2.24) is 0 Å². The summed E-state index contributed by atoms with van der Waals surface area (Å²) in [5.41, 5.74) is 0. The third-order valence-corrected chi connectivity index (χ3v) is 3.03. The van der Waals surface area contributed by atoms with Crippen molar-refractivity contribution < 1.29 is 9.53 Å². The molecule has 0 aromatic heterocycles. The van der Waals surface area contributed by atoms with Gasteiger partial charge in [-0.1, -0.05) is 55.5 Å². The van der Waals surface area contributed by atoms with Crippen LogP contribution in [0.15, 0.2) is 48.6 Å². The van der Waals surface area contributed by atoms with E-state index in [4.69, 9.17) is 0 Å². The number of hydrogen-bond donors (Lipinski definition) is 0. The molecule has 1 unspecified atom stereocenters. The number of ether oxygens (including phenoxy) is 1. The van der Waals surface area contributed by atoms with E-state index < -0.39 is 0 Å². The molecule has 0 fully saturated rings. The molecule has 0 spiro atoms. The minimum Gasteiger partial charge on any atom is -0.469 e. The molecule has 1 aliphatic carbocycles. The molecule has 2 heteroatoms. The number of rotatable bonds is 6. The van der Waals surface area contributed by atoms with E-state index in [9.17, 15) is 4.79 Å². The molecule has 0 aromatic carbocycles. The zero-order chi connectivity index (χ0) is 13.2. The average Bonchev–Trinajstić information content (AvgIpc) is 2.66. The minimum absolute atomic E-state index is 0.128. The van der Waals surface area contributed by atoms with E-state index in [1.165, 1.54) is 7.11 Å². The van der Waals surface area contributed by atoms with Gasteiger partial charge in [0.15, 0.2) is 0 Å². The first-order chi connectivity index (χ1) is 8.74. The van der Waals surface area contributed by atoms with E-state index in [0.717, 1.165) is 12.8 Å². The van der Waals surface area contributed by atoms with E-state index in [2.05, 4.69) is 48.1 Å². The maximum absolute atomic E-state index is 10.9. The number of carbonyl (C=O) groups is 1. The molecule has 1 aliphatic rings. The van der Waals surface area contributed by atoms with Crippen LogP contribution in [0.3, 0.4) is 0 Å². The number of unbranched alkanes of at least 4 members (excludes halogenated alkanes) is 1. The number of esters is 1. The molecule has 0 amide bonds. The first kappa shape index (κ1) is 14.5. The molecule has 98 valence electrons. The highest BCUT2D eigenvalue weighted by Crippen LogP contribution is 2.18. The van der Waals surface area contributed by atoms with Crippen molar-refractivity contribution >= 4 is 5.97 Å². The van der Waals surface area contributed by atoms with Crippen LogP contribution >= 0.6 is 0 Å². The third kappa shape index (κ3) is 5.67. The highest BCUT2D eigenvalue weighted by Gasteiger charge is 2.08. The third-order valence-electron chi connectivity index (χ3n) is 3.03. The standard InChI is InChI=1S/C16H22O2/c1-14(15-11-7-3-4-8-12-15)10-6-5-9-13-16(17)18-2/h3-4,6-8,10-12,14-15H,5,9,13H2,1-2H3/b10-6-. The van der Waals surface area contributed by atoms with Gasteiger partial charge in [-0.2, -0.15) is 0 Å². The van der Waals surface area contributed by atoms with Gasteiger partial charge in [0.05, 0.1) is 7.11 Å². The number of hydrogen-bond acceptors (Lipinski definition) is 2. The molecule has 0 aromatic rings. The first-order valence-electron chi connectivity index (χ1n) is 6.49. The lowest BCUT2D eigenvalue weighted by Crippen LogP contribution is -2.03. The summed E-state index contributed by atoms with van der Waals surface area (Å²) >= 11 is 0. The molecule has 2 nitrogen and oxygen atoms in total. The fraction of sp³-hybridized carbons (Fsp3) is 0.438. The van der Waals surface area contributed by atoms with Gasteiger partial charge in [-0.05, 0) is 18.8 Å². The summed E-state index contributed by atoms with van der Waals surface area (Å²) < 4.78 is 4.60. The topological polar surface area (TPSA) is 26.3 Å². The van der Waals surface area contributed by atoms with E-state index in [1.54, 1.807) is 0 Å². The van der Waals surface area contributed by atoms with Gasteiger partial charge in [0.2, 0.25) is 0 Å². The molecule has 0 saturated heterocycles. The van der Waals surface area contributed by atoms with Gasteiger partial charge in [0.25, 0.3) is 0 Å². The van der Waals surface area contributed by atoms with Crippen molar-refractivity contribution in [3.8, 4) is 0 Å². The van der Waals surface area contributed by atoms with Crippen LogP contribution in [0.2, 0.25) is 0 Å². The van der Waals surface area contributed by atoms with Crippen LogP contribution in [0.5, 0.6) is 0 Å². The molecule has 18 heavy (non-hydrogen) atoms. The summed E-state index contributed by atoms with van der Waals surface area (Å²) in [5, 5.41) is 0. The Balaban J connectivity index is 2.27. The monoisotopic (exact) mass is 246 g/mol. The van der Waals surface area contributed by atoms with E-state index >= 15 is 0 Å². The van der Waals surface area contributed by atoms with Gasteiger partial charge in [-0.15, -0.1) is 0 Å². The molecule has 1 rings (SSSR count). The Labute approximate surface area is 110 Å². The second kappa shape index (κ2) is 8.51. The van der Waals surface area contributed by atoms with E-state index in [-0.39, 0.29) is 5.97 Å². The van der Waals surface area contributed by atoms with Crippen LogP contribution in [-0.4, -0.2) is 13.1 Å². The van der Waals surface area contributed by atoms with E-state index in [0.29, 0.717) is 18.3 Å². The lowest BCUT2D eigenvalue weighted by molar-refractivity contribution is -0.140. The van der Waals surface area contributed by atoms with Crippen LogP contribution in [0, 0.1) is 11.8 Å². The summed E-state index contributed by atoms with van der Waals surface area (Å²) in [6, 6.07) is 0. The van der Waals surface area contributed by atoms with Crippen LogP contribution in [-0.2, 0) is 9.53 Å². The normalized spacial score (nSPS) is 17.0. The quantitative estimate of drug-likeness (QED) is 0.404. The van der Waals surface area contributed by atoms with Gasteiger partial charge >= 0.3 is 5.97 Å². The summed E-state index contributed by atoms with van der Waals surface area (Å²) in [6.45, 7) is 2.21. The van der Waals surface area contributed by atoms with Crippen molar-refractivity contribution in [3.05, 3.63) is 48.6 Å². The summed E-state index contributed by atoms with van der Waals surface area (Å²) in [6.07, 6.45) is 19.4. The Morgan fingerprint density at radius 3 is 2.56 bits per heavy atom. The second-order valence-electron chi connectivity index (χ2n) is 4.49. The smallest absolute Gasteiger partial charge is 0.305 e. The molecule has 1 atom stereocenters. The Kier molecular flexibility index (Phi) is 6.85. The molecule has 0 aliphatic heterocycles. The van der Waals surface area contributed by atoms with Crippen LogP contribution in [0.4, 0.5) is 0 Å². The number of carbonyl (C=O) groups excluding carboxylic acids is 1. The predicted octanol–water partition coefficient (Wildman–Crippen LogP) is 3.82. The Bertz CT molecular complexity index is 345. The van der Waals surface area contributed by atoms with Gasteiger partial charge in [0, 0.05) is 12.3 Å². The SMILES string of the molecule is COC(=O)CCC/C=C\C(C)C1C=CC=CC=C1. The lowest BCUT2D eigenvalue weighted by atomic mass is 9.93. The summed E-state index contributed by atoms with van der Waals surface area (Å²) in [5.74, 6) is 0.810. The number of allylic oxidation sites excluding steroid dienone is 8. The van der Waals surface area contributed by atoms with Crippen LogP contribution in [0.1, 0.15) is 26.2 Å². The van der Waals surface area contributed by atoms with E-state index in [1.807, 2.05) is 12.2 Å². The highest BCUT2D eigenvalue weighted by atomic mass is 16.5. The van der Waals surface area contributed by atoms with Crippen molar-refractivity contribution in [2.24, 2.45) is 11.8 Å². The fourth-order valence-electron chi connectivity index (χ4n) is 1.83. The zero-order valence-electron chi connectivity index (χ0n) is 11.2. The summed E-state index contributed by atoms with van der Waals surface area (Å²) in [4.78, 5) is 10.9.